The molecule has 2 heterocycles. The smallest absolute Gasteiger partial charge is 0.253 e. The van der Waals surface area contributed by atoms with Crippen molar-refractivity contribution in [3.05, 3.63) is 46.4 Å². The zero-order chi connectivity index (χ0) is 14.8. The van der Waals surface area contributed by atoms with Crippen molar-refractivity contribution < 1.29 is 4.74 Å². The van der Waals surface area contributed by atoms with Gasteiger partial charge in [0.1, 0.15) is 11.9 Å². The van der Waals surface area contributed by atoms with Gasteiger partial charge in [0.25, 0.3) is 5.56 Å². The first-order chi connectivity index (χ1) is 10.1. The van der Waals surface area contributed by atoms with Crippen LogP contribution in [0.25, 0.3) is 11.4 Å². The lowest BCUT2D eigenvalue weighted by atomic mass is 10.1. The van der Waals surface area contributed by atoms with Gasteiger partial charge in [-0.1, -0.05) is 0 Å². The number of nitrogen functional groups attached to an aromatic ring is 1. The molecule has 0 radical (unpaired) electrons. The van der Waals surface area contributed by atoms with Crippen LogP contribution >= 0.6 is 0 Å². The monoisotopic (exact) mass is 286 g/mol. The van der Waals surface area contributed by atoms with Gasteiger partial charge in [0, 0.05) is 37.5 Å². The number of hydrogen-bond acceptors (Lipinski definition) is 5. The Morgan fingerprint density at radius 1 is 1.38 bits per heavy atom. The van der Waals surface area contributed by atoms with E-state index in [-0.39, 0.29) is 11.7 Å². The van der Waals surface area contributed by atoms with Crippen LogP contribution in [0, 0.1) is 0 Å². The summed E-state index contributed by atoms with van der Waals surface area (Å²) in [7, 11) is 1.71. The van der Waals surface area contributed by atoms with Crippen molar-refractivity contribution in [2.75, 3.05) is 25.4 Å². The third kappa shape index (κ3) is 2.81. The van der Waals surface area contributed by atoms with Crippen LogP contribution in [-0.4, -0.2) is 29.2 Å². The van der Waals surface area contributed by atoms with Crippen LogP contribution in [0.15, 0.2) is 35.1 Å². The highest BCUT2D eigenvalue weighted by atomic mass is 16.5. The highest BCUT2D eigenvalue weighted by molar-refractivity contribution is 5.59. The molecule has 6 heteroatoms. The minimum absolute atomic E-state index is 0.0963. The molecule has 0 spiro atoms. The van der Waals surface area contributed by atoms with Crippen LogP contribution in [0.4, 0.5) is 5.69 Å². The van der Waals surface area contributed by atoms with Gasteiger partial charge in [-0.05, 0) is 24.3 Å². The maximum atomic E-state index is 12.2. The topological polar surface area (TPSA) is 82.2 Å². The Labute approximate surface area is 122 Å². The molecular formula is C15H18N4O2. The minimum atomic E-state index is -0.180. The molecule has 3 rings (SSSR count). The summed E-state index contributed by atoms with van der Waals surface area (Å²) < 4.78 is 7.21. The summed E-state index contributed by atoms with van der Waals surface area (Å²) in [6.45, 7) is 2.12. The van der Waals surface area contributed by atoms with Crippen LogP contribution in [0.3, 0.4) is 0 Å². The number of anilines is 1. The summed E-state index contributed by atoms with van der Waals surface area (Å²) in [6.07, 6.45) is -0.180. The highest BCUT2D eigenvalue weighted by Gasteiger charge is 2.19. The number of ether oxygens (including phenoxy) is 1. The number of morpholine rings is 1. The number of benzene rings is 1. The lowest BCUT2D eigenvalue weighted by Gasteiger charge is -2.23. The van der Waals surface area contributed by atoms with Crippen molar-refractivity contribution in [2.45, 2.75) is 6.10 Å². The zero-order valence-corrected chi connectivity index (χ0v) is 11.9. The standard InChI is InChI=1S/C15H18N4O2/c1-19-14(20)8-12(13-9-17-6-7-21-13)18-15(19)10-2-4-11(16)5-3-10/h2-5,8,13,17H,6-7,9,16H2,1H3. The second-order valence-electron chi connectivity index (χ2n) is 5.09. The van der Waals surface area contributed by atoms with Crippen LogP contribution in [0.2, 0.25) is 0 Å². The normalized spacial score (nSPS) is 18.6. The molecule has 1 aromatic carbocycles. The zero-order valence-electron chi connectivity index (χ0n) is 11.9. The van der Waals surface area contributed by atoms with Crippen molar-refractivity contribution in [1.82, 2.24) is 14.9 Å². The summed E-state index contributed by atoms with van der Waals surface area (Å²) in [5, 5.41) is 3.24. The minimum Gasteiger partial charge on any atom is -0.399 e. The van der Waals surface area contributed by atoms with Crippen molar-refractivity contribution in [3.8, 4) is 11.4 Å². The van der Waals surface area contributed by atoms with E-state index in [1.165, 1.54) is 4.57 Å². The van der Waals surface area contributed by atoms with Crippen LogP contribution in [0.1, 0.15) is 11.8 Å². The van der Waals surface area contributed by atoms with E-state index >= 15 is 0 Å². The predicted molar refractivity (Wildman–Crippen MR) is 80.9 cm³/mol. The fourth-order valence-corrected chi connectivity index (χ4v) is 2.37. The summed E-state index contributed by atoms with van der Waals surface area (Å²) in [5.74, 6) is 0.617. The van der Waals surface area contributed by atoms with E-state index in [0.29, 0.717) is 30.4 Å². The second kappa shape index (κ2) is 5.67. The molecule has 1 saturated heterocycles. The highest BCUT2D eigenvalue weighted by Crippen LogP contribution is 2.21. The van der Waals surface area contributed by atoms with E-state index in [0.717, 1.165) is 12.1 Å². The SMILES string of the molecule is Cn1c(-c2ccc(N)cc2)nc(C2CNCCO2)cc1=O. The van der Waals surface area contributed by atoms with Crippen LogP contribution in [-0.2, 0) is 11.8 Å². The Morgan fingerprint density at radius 3 is 2.81 bits per heavy atom. The van der Waals surface area contributed by atoms with Crippen molar-refractivity contribution in [1.29, 1.82) is 0 Å². The lowest BCUT2D eigenvalue weighted by Crippen LogP contribution is -2.35. The van der Waals surface area contributed by atoms with E-state index in [2.05, 4.69) is 10.3 Å². The van der Waals surface area contributed by atoms with Gasteiger partial charge in [-0.25, -0.2) is 4.98 Å². The fourth-order valence-electron chi connectivity index (χ4n) is 2.37. The van der Waals surface area contributed by atoms with E-state index in [9.17, 15) is 4.79 Å². The second-order valence-corrected chi connectivity index (χ2v) is 5.09. The third-order valence-electron chi connectivity index (χ3n) is 3.58. The molecule has 21 heavy (non-hydrogen) atoms. The van der Waals surface area contributed by atoms with Gasteiger partial charge in [0.15, 0.2) is 0 Å². The first-order valence-corrected chi connectivity index (χ1v) is 6.91. The van der Waals surface area contributed by atoms with Crippen molar-refractivity contribution >= 4 is 5.69 Å². The van der Waals surface area contributed by atoms with E-state index in [1.807, 2.05) is 12.1 Å². The van der Waals surface area contributed by atoms with Gasteiger partial charge in [-0.15, -0.1) is 0 Å². The molecule has 110 valence electrons. The van der Waals surface area contributed by atoms with Gasteiger partial charge in [0.2, 0.25) is 0 Å². The molecule has 1 fully saturated rings. The van der Waals surface area contributed by atoms with Gasteiger partial charge < -0.3 is 15.8 Å². The van der Waals surface area contributed by atoms with E-state index in [4.69, 9.17) is 10.5 Å². The van der Waals surface area contributed by atoms with Crippen molar-refractivity contribution in [3.63, 3.8) is 0 Å². The largest absolute Gasteiger partial charge is 0.399 e. The number of aromatic nitrogens is 2. The number of hydrogen-bond donors (Lipinski definition) is 2. The number of nitrogens with zero attached hydrogens (tertiary/aromatic N) is 2. The third-order valence-corrected chi connectivity index (χ3v) is 3.58. The first kappa shape index (κ1) is 13.8. The molecule has 1 aromatic heterocycles. The van der Waals surface area contributed by atoms with Gasteiger partial charge in [-0.3, -0.25) is 9.36 Å². The Kier molecular flexibility index (Phi) is 3.72. The summed E-state index contributed by atoms with van der Waals surface area (Å²) >= 11 is 0. The lowest BCUT2D eigenvalue weighted by molar-refractivity contribution is 0.0249. The van der Waals surface area contributed by atoms with Crippen molar-refractivity contribution in [2.24, 2.45) is 7.05 Å². The van der Waals surface area contributed by atoms with Crippen LogP contribution < -0.4 is 16.6 Å². The Balaban J connectivity index is 2.05. The van der Waals surface area contributed by atoms with E-state index < -0.39 is 0 Å². The quantitative estimate of drug-likeness (QED) is 0.794. The molecule has 1 atom stereocenters. The molecule has 0 saturated carbocycles. The summed E-state index contributed by atoms with van der Waals surface area (Å²) in [5.41, 5.74) is 7.81. The van der Waals surface area contributed by atoms with Gasteiger partial charge in [0.05, 0.1) is 12.3 Å². The molecular weight excluding hydrogens is 268 g/mol. The molecule has 0 aliphatic carbocycles. The Bertz CT molecular complexity index is 688. The molecule has 0 amide bonds. The average Bonchev–Trinajstić information content (AvgIpc) is 2.52. The Hall–Kier alpha value is -2.18. The molecule has 0 bridgehead atoms. The molecule has 3 N–H and O–H groups in total. The molecule has 1 aliphatic heterocycles. The number of nitrogens with two attached hydrogens (primary N) is 1. The predicted octanol–water partition coefficient (Wildman–Crippen LogP) is 0.690. The summed E-state index contributed by atoms with van der Waals surface area (Å²) in [4.78, 5) is 16.8. The molecule has 1 aliphatic rings. The number of nitrogens with one attached hydrogen (secondary N) is 1. The molecule has 6 nitrogen and oxygen atoms in total. The fraction of sp³-hybridized carbons (Fsp3) is 0.333. The molecule has 1 unspecified atom stereocenters. The Morgan fingerprint density at radius 2 is 2.14 bits per heavy atom. The molecule has 2 aromatic rings. The maximum absolute atomic E-state index is 12.2. The van der Waals surface area contributed by atoms with E-state index in [1.54, 1.807) is 25.2 Å². The number of rotatable bonds is 2. The van der Waals surface area contributed by atoms with Gasteiger partial charge >= 0.3 is 0 Å². The maximum Gasteiger partial charge on any atom is 0.253 e. The first-order valence-electron chi connectivity index (χ1n) is 6.91. The van der Waals surface area contributed by atoms with Gasteiger partial charge in [-0.2, -0.15) is 0 Å². The van der Waals surface area contributed by atoms with Crippen LogP contribution in [0.5, 0.6) is 0 Å². The average molecular weight is 286 g/mol. The summed E-state index contributed by atoms with van der Waals surface area (Å²) in [6, 6.07) is 8.86.